The third kappa shape index (κ3) is 2.35. The molecule has 0 aliphatic carbocycles. The lowest BCUT2D eigenvalue weighted by molar-refractivity contribution is 0.467. The minimum atomic E-state index is 0.440. The Morgan fingerprint density at radius 2 is 1.69 bits per heavy atom. The predicted octanol–water partition coefficient (Wildman–Crippen LogP) is 4.28. The zero-order chi connectivity index (χ0) is 11.4. The zero-order valence-corrected chi connectivity index (χ0v) is 9.74. The van der Waals surface area contributed by atoms with E-state index in [1.807, 2.05) is 24.3 Å². The monoisotopic (exact) mass is 214 g/mol. The van der Waals surface area contributed by atoms with E-state index < -0.39 is 0 Å². The van der Waals surface area contributed by atoms with Crippen LogP contribution in [0.25, 0.3) is 10.8 Å². The van der Waals surface area contributed by atoms with Gasteiger partial charge in [0.05, 0.1) is 0 Å². The van der Waals surface area contributed by atoms with Crippen LogP contribution in [0, 0.1) is 0 Å². The molecule has 0 aliphatic heterocycles. The number of benzene rings is 2. The van der Waals surface area contributed by atoms with Crippen molar-refractivity contribution in [2.75, 3.05) is 0 Å². The van der Waals surface area contributed by atoms with Gasteiger partial charge in [-0.15, -0.1) is 0 Å². The van der Waals surface area contributed by atoms with Crippen LogP contribution < -0.4 is 0 Å². The van der Waals surface area contributed by atoms with Crippen molar-refractivity contribution in [1.29, 1.82) is 0 Å². The number of hydrogen-bond donors (Lipinski definition) is 1. The van der Waals surface area contributed by atoms with Crippen LogP contribution in [0.15, 0.2) is 36.4 Å². The number of rotatable bonds is 4. The second kappa shape index (κ2) is 5.02. The summed E-state index contributed by atoms with van der Waals surface area (Å²) in [5.41, 5.74) is 1.08. The maximum Gasteiger partial charge on any atom is 0.119 e. The molecule has 1 nitrogen and oxygen atoms in total. The molecule has 0 unspecified atom stereocenters. The van der Waals surface area contributed by atoms with E-state index in [2.05, 4.69) is 19.1 Å². The number of hydrogen-bond acceptors (Lipinski definition) is 1. The molecule has 0 spiro atoms. The highest BCUT2D eigenvalue weighted by Crippen LogP contribution is 2.26. The van der Waals surface area contributed by atoms with E-state index in [9.17, 15) is 5.11 Å². The van der Waals surface area contributed by atoms with Gasteiger partial charge in [-0.1, -0.05) is 44.0 Å². The number of phenols is 1. The number of unbranched alkanes of at least 4 members (excludes halogenated alkanes) is 2. The SMILES string of the molecule is CCCCCc1cc2ccccc2cc1O. The maximum atomic E-state index is 9.91. The first-order valence-corrected chi connectivity index (χ1v) is 6.02. The molecule has 0 heterocycles. The minimum absolute atomic E-state index is 0.440. The average Bonchev–Trinajstić information content (AvgIpc) is 2.30. The molecule has 0 saturated carbocycles. The summed E-state index contributed by atoms with van der Waals surface area (Å²) >= 11 is 0. The Labute approximate surface area is 96.7 Å². The van der Waals surface area contributed by atoms with Crippen LogP contribution in [0.4, 0.5) is 0 Å². The van der Waals surface area contributed by atoms with Crippen LogP contribution in [0.5, 0.6) is 5.75 Å². The number of fused-ring (bicyclic) bond motifs is 1. The van der Waals surface area contributed by atoms with Gasteiger partial charge in [0, 0.05) is 0 Å². The molecular formula is C15H18O. The molecule has 2 aromatic carbocycles. The molecule has 0 aromatic heterocycles. The summed E-state index contributed by atoms with van der Waals surface area (Å²) in [7, 11) is 0. The van der Waals surface area contributed by atoms with Gasteiger partial charge in [-0.05, 0) is 41.3 Å². The summed E-state index contributed by atoms with van der Waals surface area (Å²) < 4.78 is 0. The standard InChI is InChI=1S/C15H18O/c1-2-3-4-9-14-10-12-7-5-6-8-13(12)11-15(14)16/h5-8,10-11,16H,2-4,9H2,1H3. The molecule has 84 valence electrons. The van der Waals surface area contributed by atoms with Crippen LogP contribution in [0.1, 0.15) is 31.7 Å². The zero-order valence-electron chi connectivity index (χ0n) is 9.74. The van der Waals surface area contributed by atoms with Crippen molar-refractivity contribution in [3.8, 4) is 5.75 Å². The Bertz CT molecular complexity index is 474. The fraction of sp³-hybridized carbons (Fsp3) is 0.333. The van der Waals surface area contributed by atoms with Gasteiger partial charge in [0.15, 0.2) is 0 Å². The van der Waals surface area contributed by atoms with Gasteiger partial charge < -0.3 is 5.11 Å². The Morgan fingerprint density at radius 3 is 2.38 bits per heavy atom. The van der Waals surface area contributed by atoms with Crippen molar-refractivity contribution in [2.45, 2.75) is 32.6 Å². The van der Waals surface area contributed by atoms with E-state index in [0.29, 0.717) is 5.75 Å². The average molecular weight is 214 g/mol. The van der Waals surface area contributed by atoms with Crippen molar-refractivity contribution in [2.24, 2.45) is 0 Å². The van der Waals surface area contributed by atoms with Crippen molar-refractivity contribution in [3.05, 3.63) is 42.0 Å². The molecule has 1 heteroatoms. The minimum Gasteiger partial charge on any atom is -0.508 e. The summed E-state index contributed by atoms with van der Waals surface area (Å²) in [5, 5.41) is 12.2. The summed E-state index contributed by atoms with van der Waals surface area (Å²) in [5.74, 6) is 0.440. The maximum absolute atomic E-state index is 9.91. The molecule has 0 saturated heterocycles. The molecule has 2 rings (SSSR count). The summed E-state index contributed by atoms with van der Waals surface area (Å²) in [6.45, 7) is 2.19. The molecule has 0 fully saturated rings. The van der Waals surface area contributed by atoms with Crippen LogP contribution in [0.2, 0.25) is 0 Å². The molecule has 16 heavy (non-hydrogen) atoms. The lowest BCUT2D eigenvalue weighted by Gasteiger charge is -2.06. The molecule has 2 aromatic rings. The summed E-state index contributed by atoms with van der Waals surface area (Å²) in [6, 6.07) is 12.1. The van der Waals surface area contributed by atoms with Gasteiger partial charge in [0.2, 0.25) is 0 Å². The fourth-order valence-corrected chi connectivity index (χ4v) is 2.04. The van der Waals surface area contributed by atoms with Crippen LogP contribution in [-0.2, 0) is 6.42 Å². The molecule has 0 radical (unpaired) electrons. The number of aryl methyl sites for hydroxylation is 1. The third-order valence-electron chi connectivity index (χ3n) is 3.00. The Hall–Kier alpha value is -1.50. The fourth-order valence-electron chi connectivity index (χ4n) is 2.04. The second-order valence-electron chi connectivity index (χ2n) is 4.29. The quantitative estimate of drug-likeness (QED) is 0.753. The molecule has 0 atom stereocenters. The highest BCUT2D eigenvalue weighted by molar-refractivity contribution is 5.84. The van der Waals surface area contributed by atoms with E-state index in [1.54, 1.807) is 0 Å². The summed E-state index contributed by atoms with van der Waals surface area (Å²) in [4.78, 5) is 0. The van der Waals surface area contributed by atoms with E-state index in [-0.39, 0.29) is 0 Å². The number of aromatic hydroxyl groups is 1. The largest absolute Gasteiger partial charge is 0.508 e. The first-order valence-electron chi connectivity index (χ1n) is 6.02. The van der Waals surface area contributed by atoms with Crippen molar-refractivity contribution in [1.82, 2.24) is 0 Å². The second-order valence-corrected chi connectivity index (χ2v) is 4.29. The third-order valence-corrected chi connectivity index (χ3v) is 3.00. The van der Waals surface area contributed by atoms with Gasteiger partial charge in [-0.25, -0.2) is 0 Å². The molecule has 1 N–H and O–H groups in total. The van der Waals surface area contributed by atoms with E-state index in [4.69, 9.17) is 0 Å². The van der Waals surface area contributed by atoms with Gasteiger partial charge >= 0.3 is 0 Å². The Balaban J connectivity index is 2.27. The van der Waals surface area contributed by atoms with Crippen LogP contribution >= 0.6 is 0 Å². The molecular weight excluding hydrogens is 196 g/mol. The van der Waals surface area contributed by atoms with Gasteiger partial charge in [-0.3, -0.25) is 0 Å². The van der Waals surface area contributed by atoms with E-state index in [1.165, 1.54) is 18.2 Å². The lowest BCUT2D eigenvalue weighted by Crippen LogP contribution is -1.87. The van der Waals surface area contributed by atoms with Gasteiger partial charge in [0.1, 0.15) is 5.75 Å². The van der Waals surface area contributed by atoms with Crippen molar-refractivity contribution < 1.29 is 5.11 Å². The lowest BCUT2D eigenvalue weighted by atomic mass is 10.0. The Kier molecular flexibility index (Phi) is 3.45. The van der Waals surface area contributed by atoms with Crippen LogP contribution in [-0.4, -0.2) is 5.11 Å². The highest BCUT2D eigenvalue weighted by Gasteiger charge is 2.03. The number of phenolic OH excluding ortho intramolecular Hbond substituents is 1. The molecule has 0 aliphatic rings. The smallest absolute Gasteiger partial charge is 0.119 e. The topological polar surface area (TPSA) is 20.2 Å². The van der Waals surface area contributed by atoms with E-state index in [0.717, 1.165) is 23.8 Å². The normalized spacial score (nSPS) is 10.8. The molecule has 0 amide bonds. The molecule has 0 bridgehead atoms. The van der Waals surface area contributed by atoms with Gasteiger partial charge in [-0.2, -0.15) is 0 Å². The van der Waals surface area contributed by atoms with Gasteiger partial charge in [0.25, 0.3) is 0 Å². The first-order chi connectivity index (χ1) is 7.81. The van der Waals surface area contributed by atoms with Crippen molar-refractivity contribution in [3.63, 3.8) is 0 Å². The van der Waals surface area contributed by atoms with E-state index >= 15 is 0 Å². The Morgan fingerprint density at radius 1 is 1.00 bits per heavy atom. The van der Waals surface area contributed by atoms with Crippen molar-refractivity contribution >= 4 is 10.8 Å². The summed E-state index contributed by atoms with van der Waals surface area (Å²) in [6.07, 6.45) is 4.58. The highest BCUT2D eigenvalue weighted by atomic mass is 16.3. The van der Waals surface area contributed by atoms with Crippen LogP contribution in [0.3, 0.4) is 0 Å². The predicted molar refractivity (Wildman–Crippen MR) is 68.8 cm³/mol. The first kappa shape index (κ1) is 11.0.